The molecule has 2 unspecified atom stereocenters. The van der Waals surface area contributed by atoms with Crippen LogP contribution in [0.2, 0.25) is 0 Å². The van der Waals surface area contributed by atoms with Crippen molar-refractivity contribution in [3.8, 4) is 0 Å². The van der Waals surface area contributed by atoms with Gasteiger partial charge in [-0.25, -0.2) is 0 Å². The largest absolute Gasteiger partial charge is 0.756 e. The molecule has 0 N–H and O–H groups in total. The number of hydrogen-bond donors (Lipinski definition) is 0. The van der Waals surface area contributed by atoms with E-state index in [9.17, 15) is 14.3 Å². The van der Waals surface area contributed by atoms with Crippen molar-refractivity contribution in [1.29, 1.82) is 0 Å². The highest BCUT2D eigenvalue weighted by molar-refractivity contribution is 7.45. The molecule has 8 nitrogen and oxygen atoms in total. The molecular formula is C57H102NO7P. The summed E-state index contributed by atoms with van der Waals surface area (Å²) in [4.78, 5) is 25.2. The number of unbranched alkanes of at least 4 members (excludes halogenated alkanes) is 21. The van der Waals surface area contributed by atoms with Gasteiger partial charge in [-0.05, 0) is 89.9 Å². The highest BCUT2D eigenvalue weighted by atomic mass is 31.2. The first-order valence-electron chi connectivity index (χ1n) is 26.8. The lowest BCUT2D eigenvalue weighted by atomic mass is 10.1. The summed E-state index contributed by atoms with van der Waals surface area (Å²) in [6.45, 7) is 5.26. The van der Waals surface area contributed by atoms with E-state index in [-0.39, 0.29) is 25.8 Å². The van der Waals surface area contributed by atoms with Gasteiger partial charge in [0.15, 0.2) is 0 Å². The second-order valence-corrected chi connectivity index (χ2v) is 20.3. The van der Waals surface area contributed by atoms with Crippen LogP contribution >= 0.6 is 7.82 Å². The number of carbonyl (C=O) groups is 1. The molecule has 0 aromatic carbocycles. The SMILES string of the molecule is CC/C=C\C/C=C\C/C=C\C/C=C\C/C=C\CCCCCCCCCCCC(=O)OC(COCCCCCCCCCC/C=C\C/C=C\CCCCCC)COP(=O)([O-])OCC[N+](C)(C)C. The Bertz CT molecular complexity index is 1330. The van der Waals surface area contributed by atoms with Crippen LogP contribution in [0.3, 0.4) is 0 Å². The minimum absolute atomic E-state index is 0.0196. The average molecular weight is 944 g/mol. The molecule has 0 fully saturated rings. The van der Waals surface area contributed by atoms with Gasteiger partial charge in [0.05, 0.1) is 34.4 Å². The van der Waals surface area contributed by atoms with Gasteiger partial charge in [0.1, 0.15) is 19.3 Å². The fraction of sp³-hybridized carbons (Fsp3) is 0.737. The zero-order valence-corrected chi connectivity index (χ0v) is 44.3. The van der Waals surface area contributed by atoms with E-state index >= 15 is 0 Å². The van der Waals surface area contributed by atoms with E-state index in [1.165, 1.54) is 116 Å². The average Bonchev–Trinajstić information content (AvgIpc) is 3.28. The number of quaternary nitrogens is 1. The first-order valence-corrected chi connectivity index (χ1v) is 28.3. The number of ether oxygens (including phenoxy) is 2. The zero-order valence-electron chi connectivity index (χ0n) is 43.4. The van der Waals surface area contributed by atoms with Gasteiger partial charge in [-0.3, -0.25) is 9.36 Å². The van der Waals surface area contributed by atoms with Gasteiger partial charge in [-0.1, -0.05) is 202 Å². The van der Waals surface area contributed by atoms with Crippen LogP contribution < -0.4 is 4.89 Å². The standard InChI is InChI=1S/C57H102NO7P/c1-6-8-10-12-14-16-18-20-22-24-26-27-28-29-30-31-32-34-36-38-40-42-44-46-48-50-57(59)65-56(55-64-66(60,61)63-53-51-58(3,4)5)54-62-52-49-47-45-43-41-39-37-35-33-25-23-21-19-17-15-13-11-9-7-2/h8,10,14,16-17,19-20,22-23,25-27,29-30,56H,6-7,9,11-13,15,18,21,24,28,31-55H2,1-5H3/b10-8-,16-14-,19-17-,22-20-,25-23-,27-26-,30-29-. The van der Waals surface area contributed by atoms with Crippen LogP contribution in [0.15, 0.2) is 85.1 Å². The summed E-state index contributed by atoms with van der Waals surface area (Å²) in [5, 5.41) is 0. The quantitative estimate of drug-likeness (QED) is 0.0197. The molecule has 0 aliphatic carbocycles. The van der Waals surface area contributed by atoms with E-state index < -0.39 is 13.9 Å². The summed E-state index contributed by atoms with van der Waals surface area (Å²) in [6, 6.07) is 0. The zero-order chi connectivity index (χ0) is 48.3. The van der Waals surface area contributed by atoms with E-state index in [4.69, 9.17) is 18.5 Å². The van der Waals surface area contributed by atoms with Gasteiger partial charge in [0, 0.05) is 13.0 Å². The maximum Gasteiger partial charge on any atom is 0.306 e. The fourth-order valence-electron chi connectivity index (χ4n) is 7.07. The maximum absolute atomic E-state index is 12.8. The number of hydrogen-bond acceptors (Lipinski definition) is 7. The summed E-state index contributed by atoms with van der Waals surface area (Å²) in [7, 11) is 1.34. The van der Waals surface area contributed by atoms with Crippen molar-refractivity contribution < 1.29 is 37.3 Å². The third-order valence-corrected chi connectivity index (χ3v) is 12.1. The molecule has 0 heterocycles. The van der Waals surface area contributed by atoms with Crippen molar-refractivity contribution in [1.82, 2.24) is 0 Å². The van der Waals surface area contributed by atoms with Crippen molar-refractivity contribution in [2.75, 3.05) is 54.1 Å². The highest BCUT2D eigenvalue weighted by Crippen LogP contribution is 2.38. The van der Waals surface area contributed by atoms with Crippen LogP contribution in [-0.2, 0) is 27.9 Å². The van der Waals surface area contributed by atoms with Crippen LogP contribution in [0, 0.1) is 0 Å². The molecule has 0 aliphatic heterocycles. The van der Waals surface area contributed by atoms with Gasteiger partial charge < -0.3 is 27.9 Å². The molecule has 0 spiro atoms. The second kappa shape index (κ2) is 49.1. The Kier molecular flexibility index (Phi) is 47.4. The van der Waals surface area contributed by atoms with Crippen molar-refractivity contribution >= 4 is 13.8 Å². The Morgan fingerprint density at radius 1 is 0.485 bits per heavy atom. The summed E-state index contributed by atoms with van der Waals surface area (Å²) >= 11 is 0. The van der Waals surface area contributed by atoms with E-state index in [1.54, 1.807) is 0 Å². The minimum atomic E-state index is -4.54. The van der Waals surface area contributed by atoms with Crippen molar-refractivity contribution in [3.05, 3.63) is 85.1 Å². The third-order valence-electron chi connectivity index (χ3n) is 11.2. The monoisotopic (exact) mass is 944 g/mol. The van der Waals surface area contributed by atoms with Gasteiger partial charge in [0.25, 0.3) is 7.82 Å². The molecule has 0 aromatic rings. The Morgan fingerprint density at radius 3 is 1.32 bits per heavy atom. The highest BCUT2D eigenvalue weighted by Gasteiger charge is 2.20. The Balaban J connectivity index is 4.16. The molecule has 382 valence electrons. The number of allylic oxidation sites excluding steroid dienone is 14. The molecular weight excluding hydrogens is 842 g/mol. The molecule has 0 aromatic heterocycles. The molecule has 66 heavy (non-hydrogen) atoms. The van der Waals surface area contributed by atoms with Crippen LogP contribution in [0.4, 0.5) is 0 Å². The lowest BCUT2D eigenvalue weighted by Crippen LogP contribution is -2.37. The predicted molar refractivity (Wildman–Crippen MR) is 282 cm³/mol. The number of rotatable bonds is 49. The number of phosphoric acid groups is 1. The summed E-state index contributed by atoms with van der Waals surface area (Å²) in [5.41, 5.74) is 0. The van der Waals surface area contributed by atoms with E-state index in [0.29, 0.717) is 24.1 Å². The molecule has 0 saturated carbocycles. The third kappa shape index (κ3) is 52.6. The van der Waals surface area contributed by atoms with Gasteiger partial charge in [-0.2, -0.15) is 0 Å². The number of esters is 1. The molecule has 0 rings (SSSR count). The smallest absolute Gasteiger partial charge is 0.306 e. The molecule has 2 atom stereocenters. The molecule has 0 amide bonds. The summed E-state index contributed by atoms with van der Waals surface area (Å²) < 4.78 is 34.8. The molecule has 0 saturated heterocycles. The van der Waals surface area contributed by atoms with E-state index in [1.807, 2.05) is 21.1 Å². The number of likely N-dealkylation sites (N-methyl/N-ethyl adjacent to an activating group) is 1. The molecule has 0 aliphatic rings. The first-order chi connectivity index (χ1) is 32.1. The van der Waals surface area contributed by atoms with E-state index in [0.717, 1.165) is 77.0 Å². The van der Waals surface area contributed by atoms with E-state index in [2.05, 4.69) is 98.9 Å². The minimum Gasteiger partial charge on any atom is -0.756 e. The second-order valence-electron chi connectivity index (χ2n) is 18.9. The van der Waals surface area contributed by atoms with Crippen molar-refractivity contribution in [2.24, 2.45) is 0 Å². The lowest BCUT2D eigenvalue weighted by Gasteiger charge is -2.28. The molecule has 9 heteroatoms. The summed E-state index contributed by atoms with van der Waals surface area (Å²) in [6.07, 6.45) is 66.0. The number of phosphoric ester groups is 1. The molecule has 0 radical (unpaired) electrons. The number of carbonyl (C=O) groups excluding carboxylic acids is 1. The molecule has 0 bridgehead atoms. The first kappa shape index (κ1) is 63.7. The van der Waals surface area contributed by atoms with Crippen LogP contribution in [0.1, 0.15) is 213 Å². The van der Waals surface area contributed by atoms with Crippen LogP contribution in [0.25, 0.3) is 0 Å². The van der Waals surface area contributed by atoms with Gasteiger partial charge >= 0.3 is 5.97 Å². The van der Waals surface area contributed by atoms with Crippen LogP contribution in [0.5, 0.6) is 0 Å². The topological polar surface area (TPSA) is 94.1 Å². The van der Waals surface area contributed by atoms with Gasteiger partial charge in [-0.15, -0.1) is 0 Å². The number of nitrogens with zero attached hydrogens (tertiary/aromatic N) is 1. The predicted octanol–water partition coefficient (Wildman–Crippen LogP) is 16.1. The lowest BCUT2D eigenvalue weighted by molar-refractivity contribution is -0.870. The summed E-state index contributed by atoms with van der Waals surface area (Å²) in [5.74, 6) is -0.344. The normalized spacial score (nSPS) is 14.2. The Hall–Kier alpha value is -2.32. The van der Waals surface area contributed by atoms with Crippen molar-refractivity contribution in [3.63, 3.8) is 0 Å². The fourth-order valence-corrected chi connectivity index (χ4v) is 7.80. The van der Waals surface area contributed by atoms with Crippen LogP contribution in [-0.4, -0.2) is 70.7 Å². The Morgan fingerprint density at radius 2 is 0.879 bits per heavy atom. The van der Waals surface area contributed by atoms with Crippen molar-refractivity contribution in [2.45, 2.75) is 219 Å². The Labute approximate surface area is 407 Å². The maximum atomic E-state index is 12.8. The van der Waals surface area contributed by atoms with Gasteiger partial charge in [0.2, 0.25) is 0 Å².